The molecule has 29 heavy (non-hydrogen) atoms. The molecule has 2 heterocycles. The Morgan fingerprint density at radius 2 is 1.66 bits per heavy atom. The summed E-state index contributed by atoms with van der Waals surface area (Å²) in [5.74, 6) is -0.438. The van der Waals surface area contributed by atoms with Gasteiger partial charge >= 0.3 is 5.63 Å². The smallest absolute Gasteiger partial charge is 0.349 e. The lowest BCUT2D eigenvalue weighted by atomic mass is 10.1. The molecule has 144 valence electrons. The minimum absolute atomic E-state index is 0.144. The van der Waals surface area contributed by atoms with Gasteiger partial charge in [-0.05, 0) is 36.4 Å². The Bertz CT molecular complexity index is 1240. The second-order valence-electron chi connectivity index (χ2n) is 6.25. The van der Waals surface area contributed by atoms with Crippen LogP contribution in [0.15, 0.2) is 86.6 Å². The molecule has 0 fully saturated rings. The standard InChI is InChI=1S/C22H16N2O5/c25-20(23-13-15-7-5-11-28-15)16-8-2-3-9-18(16)24-21(26)17-12-14-6-1-4-10-19(14)29-22(17)27/h1-12H,13H2,(H,23,25)(H,24,26). The summed E-state index contributed by atoms with van der Waals surface area (Å²) in [6.45, 7) is 0.211. The van der Waals surface area contributed by atoms with E-state index in [9.17, 15) is 14.4 Å². The molecule has 2 aromatic carbocycles. The molecule has 0 aliphatic carbocycles. The van der Waals surface area contributed by atoms with Crippen molar-refractivity contribution in [3.05, 3.63) is 100 Å². The second kappa shape index (κ2) is 7.85. The number of hydrogen-bond acceptors (Lipinski definition) is 5. The molecule has 4 rings (SSSR count). The first-order chi connectivity index (χ1) is 14.1. The predicted octanol–water partition coefficient (Wildman–Crippen LogP) is 3.57. The largest absolute Gasteiger partial charge is 0.467 e. The van der Waals surface area contributed by atoms with Gasteiger partial charge in [0.25, 0.3) is 11.8 Å². The summed E-state index contributed by atoms with van der Waals surface area (Å²) in [6, 6.07) is 18.4. The van der Waals surface area contributed by atoms with E-state index in [0.29, 0.717) is 16.7 Å². The summed E-state index contributed by atoms with van der Waals surface area (Å²) in [5.41, 5.74) is 0.0433. The third kappa shape index (κ3) is 3.93. The van der Waals surface area contributed by atoms with Crippen molar-refractivity contribution < 1.29 is 18.4 Å². The summed E-state index contributed by atoms with van der Waals surface area (Å²) in [6.07, 6.45) is 1.52. The first-order valence-corrected chi connectivity index (χ1v) is 8.85. The highest BCUT2D eigenvalue weighted by Crippen LogP contribution is 2.18. The Hall–Kier alpha value is -4.13. The maximum absolute atomic E-state index is 12.7. The van der Waals surface area contributed by atoms with E-state index in [2.05, 4.69) is 10.6 Å². The summed E-state index contributed by atoms with van der Waals surface area (Å²) in [7, 11) is 0. The number of fused-ring (bicyclic) bond motifs is 1. The zero-order chi connectivity index (χ0) is 20.2. The molecule has 4 aromatic rings. The molecule has 0 saturated heterocycles. The number of anilines is 1. The highest BCUT2D eigenvalue weighted by atomic mass is 16.4. The number of furan rings is 1. The average molecular weight is 388 g/mol. The van der Waals surface area contributed by atoms with Crippen molar-refractivity contribution in [1.29, 1.82) is 0 Å². The zero-order valence-electron chi connectivity index (χ0n) is 15.2. The van der Waals surface area contributed by atoms with Crippen LogP contribution in [0.5, 0.6) is 0 Å². The van der Waals surface area contributed by atoms with E-state index in [4.69, 9.17) is 8.83 Å². The topological polar surface area (TPSA) is 102 Å². The molecule has 0 radical (unpaired) electrons. The van der Waals surface area contributed by atoms with Gasteiger partial charge < -0.3 is 19.5 Å². The number of amides is 2. The highest BCUT2D eigenvalue weighted by molar-refractivity contribution is 6.09. The van der Waals surface area contributed by atoms with Crippen molar-refractivity contribution in [2.24, 2.45) is 0 Å². The van der Waals surface area contributed by atoms with Gasteiger partial charge in [-0.3, -0.25) is 9.59 Å². The van der Waals surface area contributed by atoms with Crippen molar-refractivity contribution in [2.75, 3.05) is 5.32 Å². The van der Waals surface area contributed by atoms with Gasteiger partial charge in [0.1, 0.15) is 16.9 Å². The highest BCUT2D eigenvalue weighted by Gasteiger charge is 2.17. The van der Waals surface area contributed by atoms with Crippen LogP contribution in [0.1, 0.15) is 26.5 Å². The molecule has 0 aliphatic rings. The van der Waals surface area contributed by atoms with Crippen molar-refractivity contribution in [3.63, 3.8) is 0 Å². The third-order valence-electron chi connectivity index (χ3n) is 4.31. The first-order valence-electron chi connectivity index (χ1n) is 8.85. The number of hydrogen-bond donors (Lipinski definition) is 2. The van der Waals surface area contributed by atoms with Gasteiger partial charge in [0.05, 0.1) is 24.1 Å². The first kappa shape index (κ1) is 18.2. The van der Waals surface area contributed by atoms with Crippen LogP contribution >= 0.6 is 0 Å². The molecule has 2 amide bonds. The van der Waals surface area contributed by atoms with E-state index in [0.717, 1.165) is 0 Å². The maximum Gasteiger partial charge on any atom is 0.349 e. The molecule has 0 atom stereocenters. The van der Waals surface area contributed by atoms with Crippen molar-refractivity contribution in [2.45, 2.75) is 6.54 Å². The average Bonchev–Trinajstić information content (AvgIpc) is 3.25. The van der Waals surface area contributed by atoms with Gasteiger partial charge in [-0.15, -0.1) is 0 Å². The van der Waals surface area contributed by atoms with E-state index >= 15 is 0 Å². The molecule has 7 nitrogen and oxygen atoms in total. The summed E-state index contributed by atoms with van der Waals surface area (Å²) in [4.78, 5) is 37.4. The zero-order valence-corrected chi connectivity index (χ0v) is 15.2. The van der Waals surface area contributed by atoms with Crippen LogP contribution in [0.3, 0.4) is 0 Å². The molecular weight excluding hydrogens is 372 g/mol. The fourth-order valence-electron chi connectivity index (χ4n) is 2.88. The summed E-state index contributed by atoms with van der Waals surface area (Å²) >= 11 is 0. The lowest BCUT2D eigenvalue weighted by molar-refractivity contribution is 0.0949. The van der Waals surface area contributed by atoms with Gasteiger partial charge in [-0.1, -0.05) is 30.3 Å². The molecular formula is C22H16N2O5. The van der Waals surface area contributed by atoms with Crippen LogP contribution in [-0.2, 0) is 6.54 Å². The fourth-order valence-corrected chi connectivity index (χ4v) is 2.88. The molecule has 2 aromatic heterocycles. The van der Waals surface area contributed by atoms with E-state index in [1.165, 1.54) is 12.3 Å². The van der Waals surface area contributed by atoms with Crippen molar-refractivity contribution >= 4 is 28.5 Å². The minimum atomic E-state index is -0.749. The van der Waals surface area contributed by atoms with Crippen LogP contribution in [0.25, 0.3) is 11.0 Å². The monoisotopic (exact) mass is 388 g/mol. The Morgan fingerprint density at radius 3 is 2.48 bits per heavy atom. The van der Waals surface area contributed by atoms with Gasteiger partial charge in [0.15, 0.2) is 0 Å². The second-order valence-corrected chi connectivity index (χ2v) is 6.25. The third-order valence-corrected chi connectivity index (χ3v) is 4.31. The summed E-state index contributed by atoms with van der Waals surface area (Å²) in [5, 5.41) is 5.98. The van der Waals surface area contributed by atoms with Gasteiger partial charge in [0.2, 0.25) is 0 Å². The van der Waals surface area contributed by atoms with Crippen LogP contribution in [0.2, 0.25) is 0 Å². The van der Waals surface area contributed by atoms with Crippen LogP contribution in [-0.4, -0.2) is 11.8 Å². The Labute approximate surface area is 165 Å². The quantitative estimate of drug-likeness (QED) is 0.509. The number of nitrogens with one attached hydrogen (secondary N) is 2. The lowest BCUT2D eigenvalue weighted by Crippen LogP contribution is -2.26. The number of carbonyl (C=O) groups is 2. The molecule has 2 N–H and O–H groups in total. The molecule has 0 unspecified atom stereocenters. The van der Waals surface area contributed by atoms with E-state index in [1.54, 1.807) is 60.7 Å². The van der Waals surface area contributed by atoms with Gasteiger partial charge in [-0.2, -0.15) is 0 Å². The Balaban J connectivity index is 1.57. The van der Waals surface area contributed by atoms with Crippen LogP contribution in [0.4, 0.5) is 5.69 Å². The van der Waals surface area contributed by atoms with Crippen LogP contribution in [0, 0.1) is 0 Å². The van der Waals surface area contributed by atoms with E-state index < -0.39 is 11.5 Å². The number of para-hydroxylation sites is 2. The molecule has 0 spiro atoms. The van der Waals surface area contributed by atoms with Crippen molar-refractivity contribution in [3.8, 4) is 0 Å². The lowest BCUT2D eigenvalue weighted by Gasteiger charge is -2.11. The molecule has 7 heteroatoms. The summed E-state index contributed by atoms with van der Waals surface area (Å²) < 4.78 is 10.4. The Kier molecular flexibility index (Phi) is 4.94. The van der Waals surface area contributed by atoms with Crippen LogP contribution < -0.4 is 16.3 Å². The van der Waals surface area contributed by atoms with Gasteiger partial charge in [-0.25, -0.2) is 4.79 Å². The van der Waals surface area contributed by atoms with E-state index in [-0.39, 0.29) is 29.3 Å². The normalized spacial score (nSPS) is 10.6. The fraction of sp³-hybridized carbons (Fsp3) is 0.0455. The number of rotatable bonds is 5. The molecule has 0 bridgehead atoms. The predicted molar refractivity (Wildman–Crippen MR) is 107 cm³/mol. The van der Waals surface area contributed by atoms with E-state index in [1.807, 2.05) is 0 Å². The van der Waals surface area contributed by atoms with Crippen molar-refractivity contribution in [1.82, 2.24) is 5.32 Å². The number of carbonyl (C=O) groups excluding carboxylic acids is 2. The minimum Gasteiger partial charge on any atom is -0.467 e. The SMILES string of the molecule is O=C(NCc1ccco1)c1ccccc1NC(=O)c1cc2ccccc2oc1=O. The molecule has 0 saturated carbocycles. The Morgan fingerprint density at radius 1 is 0.862 bits per heavy atom. The molecule has 0 aliphatic heterocycles. The number of benzene rings is 2. The maximum atomic E-state index is 12.7. The van der Waals surface area contributed by atoms with Gasteiger partial charge in [0, 0.05) is 5.39 Å².